The third-order valence-electron chi connectivity index (χ3n) is 4.73. The Morgan fingerprint density at radius 2 is 1.81 bits per heavy atom. The van der Waals surface area contributed by atoms with Crippen LogP contribution in [0.2, 0.25) is 0 Å². The summed E-state index contributed by atoms with van der Waals surface area (Å²) in [5.41, 5.74) is 1.34. The van der Waals surface area contributed by atoms with Crippen molar-refractivity contribution in [2.75, 3.05) is 25.0 Å². The van der Waals surface area contributed by atoms with Gasteiger partial charge in [0.2, 0.25) is 10.0 Å². The van der Waals surface area contributed by atoms with E-state index in [2.05, 4.69) is 28.2 Å². The monoisotopic (exact) mass is 450 g/mol. The number of piperidine rings is 1. The summed E-state index contributed by atoms with van der Waals surface area (Å²) in [7, 11) is -3.46. The summed E-state index contributed by atoms with van der Waals surface area (Å²) in [5.74, 6) is 0.362. The van der Waals surface area contributed by atoms with Crippen LogP contribution in [0.5, 0.6) is 0 Å². The van der Waals surface area contributed by atoms with Crippen molar-refractivity contribution in [1.29, 1.82) is 0 Å². The molecule has 144 valence electrons. The zero-order valence-electron chi connectivity index (χ0n) is 15.2. The molecule has 1 N–H and O–H groups in total. The number of anilines is 1. The topological polar surface area (TPSA) is 66.5 Å². The van der Waals surface area contributed by atoms with Crippen LogP contribution in [0.4, 0.5) is 5.69 Å². The Hall–Kier alpha value is -1.70. The van der Waals surface area contributed by atoms with E-state index in [1.54, 1.807) is 40.7 Å². The molecule has 1 saturated heterocycles. The number of sulfonamides is 1. The molecule has 27 heavy (non-hydrogen) atoms. The minimum Gasteiger partial charge on any atom is -0.378 e. The van der Waals surface area contributed by atoms with Crippen LogP contribution < -0.4 is 5.32 Å². The molecule has 0 amide bonds. The predicted octanol–water partition coefficient (Wildman–Crippen LogP) is 4.16. The van der Waals surface area contributed by atoms with Gasteiger partial charge in [0.15, 0.2) is 5.78 Å². The van der Waals surface area contributed by atoms with E-state index in [1.807, 2.05) is 12.1 Å². The number of hydrogen-bond donors (Lipinski definition) is 1. The Morgan fingerprint density at radius 3 is 2.44 bits per heavy atom. The molecular formula is C20H23BrN2O3S. The average Bonchev–Trinajstić information content (AvgIpc) is 2.67. The van der Waals surface area contributed by atoms with E-state index in [9.17, 15) is 13.2 Å². The highest BCUT2D eigenvalue weighted by atomic mass is 79.9. The highest BCUT2D eigenvalue weighted by molar-refractivity contribution is 9.10. The lowest BCUT2D eigenvalue weighted by atomic mass is 10.0. The molecule has 1 fully saturated rings. The van der Waals surface area contributed by atoms with Crippen molar-refractivity contribution in [2.45, 2.75) is 24.7 Å². The smallest absolute Gasteiger partial charge is 0.243 e. The van der Waals surface area contributed by atoms with Crippen LogP contribution in [0, 0.1) is 5.92 Å². The van der Waals surface area contributed by atoms with Crippen LogP contribution in [0.15, 0.2) is 57.9 Å². The van der Waals surface area contributed by atoms with Crippen molar-refractivity contribution in [1.82, 2.24) is 4.31 Å². The lowest BCUT2D eigenvalue weighted by molar-refractivity contribution is 0.101. The van der Waals surface area contributed by atoms with E-state index in [-0.39, 0.29) is 12.3 Å². The van der Waals surface area contributed by atoms with E-state index < -0.39 is 10.0 Å². The Balaban J connectivity index is 1.63. The Kier molecular flexibility index (Phi) is 6.34. The maximum atomic E-state index is 12.8. The zero-order valence-corrected chi connectivity index (χ0v) is 17.6. The Labute approximate surface area is 169 Å². The molecule has 1 aliphatic heterocycles. The normalized spacial score (nSPS) is 18.2. The van der Waals surface area contributed by atoms with Crippen LogP contribution >= 0.6 is 15.9 Å². The number of hydrogen-bond acceptors (Lipinski definition) is 4. The third-order valence-corrected chi connectivity index (χ3v) is 7.14. The lowest BCUT2D eigenvalue weighted by Crippen LogP contribution is -2.39. The molecule has 1 aliphatic rings. The fraction of sp³-hybridized carbons (Fsp3) is 0.350. The number of carbonyl (C=O) groups excluding carboxylic acids is 1. The molecule has 0 bridgehead atoms. The second kappa shape index (κ2) is 8.54. The van der Waals surface area contributed by atoms with Gasteiger partial charge < -0.3 is 5.32 Å². The largest absolute Gasteiger partial charge is 0.378 e. The zero-order chi connectivity index (χ0) is 19.4. The second-order valence-corrected chi connectivity index (χ2v) is 9.77. The first-order chi connectivity index (χ1) is 12.9. The molecule has 0 aliphatic carbocycles. The van der Waals surface area contributed by atoms with Crippen molar-refractivity contribution in [3.05, 3.63) is 58.6 Å². The van der Waals surface area contributed by atoms with Gasteiger partial charge in [-0.3, -0.25) is 4.79 Å². The van der Waals surface area contributed by atoms with Gasteiger partial charge in [-0.15, -0.1) is 0 Å². The predicted molar refractivity (Wildman–Crippen MR) is 111 cm³/mol. The maximum absolute atomic E-state index is 12.8. The fourth-order valence-corrected chi connectivity index (χ4v) is 5.04. The number of Topliss-reactive ketones (excluding diaryl/α,β-unsaturated/α-hetero) is 1. The van der Waals surface area contributed by atoms with Crippen LogP contribution in [0.25, 0.3) is 0 Å². The van der Waals surface area contributed by atoms with Crippen LogP contribution in [-0.2, 0) is 10.0 Å². The first-order valence-corrected chi connectivity index (χ1v) is 11.2. The summed E-state index contributed by atoms with van der Waals surface area (Å²) in [6.45, 7) is 3.38. The third kappa shape index (κ3) is 4.97. The van der Waals surface area contributed by atoms with Crippen molar-refractivity contribution in [2.24, 2.45) is 5.92 Å². The molecule has 0 saturated carbocycles. The summed E-state index contributed by atoms with van der Waals surface area (Å²) in [6, 6.07) is 13.8. The molecule has 7 heteroatoms. The van der Waals surface area contributed by atoms with Gasteiger partial charge >= 0.3 is 0 Å². The van der Waals surface area contributed by atoms with Gasteiger partial charge in [0.1, 0.15) is 0 Å². The summed E-state index contributed by atoms with van der Waals surface area (Å²) in [4.78, 5) is 12.5. The summed E-state index contributed by atoms with van der Waals surface area (Å²) in [5, 5.41) is 3.05. The van der Waals surface area contributed by atoms with Gasteiger partial charge in [-0.1, -0.05) is 35.0 Å². The number of nitrogens with one attached hydrogen (secondary N) is 1. The lowest BCUT2D eigenvalue weighted by Gasteiger charge is -2.30. The van der Waals surface area contributed by atoms with E-state index in [4.69, 9.17) is 0 Å². The molecule has 2 aromatic rings. The van der Waals surface area contributed by atoms with Gasteiger partial charge in [-0.05, 0) is 55.2 Å². The quantitative estimate of drug-likeness (QED) is 0.670. The van der Waals surface area contributed by atoms with Crippen molar-refractivity contribution in [3.63, 3.8) is 0 Å². The highest BCUT2D eigenvalue weighted by Crippen LogP contribution is 2.24. The van der Waals surface area contributed by atoms with Crippen LogP contribution in [-0.4, -0.2) is 38.1 Å². The minimum atomic E-state index is -3.46. The first-order valence-electron chi connectivity index (χ1n) is 8.99. The molecule has 1 heterocycles. The molecule has 2 aromatic carbocycles. The standard InChI is InChI=1S/C20H23BrN2O3S/c1-15-3-2-12-23(14-15)27(25,26)19-10-8-18(9-11-19)22-13-20(24)16-4-6-17(21)7-5-16/h4-11,15,22H,2-3,12-14H2,1H3. The Bertz CT molecular complexity index is 896. The molecule has 0 aromatic heterocycles. The molecule has 5 nitrogen and oxygen atoms in total. The van der Waals surface area contributed by atoms with E-state index in [0.29, 0.717) is 35.2 Å². The fourth-order valence-electron chi connectivity index (χ4n) is 3.18. The minimum absolute atomic E-state index is 0.0264. The van der Waals surface area contributed by atoms with Crippen molar-refractivity contribution < 1.29 is 13.2 Å². The molecule has 0 spiro atoms. The van der Waals surface area contributed by atoms with E-state index in [0.717, 1.165) is 17.3 Å². The summed E-state index contributed by atoms with van der Waals surface area (Å²) >= 11 is 3.35. The number of carbonyl (C=O) groups is 1. The summed E-state index contributed by atoms with van der Waals surface area (Å²) in [6.07, 6.45) is 1.97. The van der Waals surface area contributed by atoms with Crippen LogP contribution in [0.1, 0.15) is 30.1 Å². The molecule has 0 radical (unpaired) electrons. The number of ketones is 1. The molecule has 1 unspecified atom stereocenters. The van der Waals surface area contributed by atoms with Gasteiger partial charge in [-0.2, -0.15) is 4.31 Å². The Morgan fingerprint density at radius 1 is 1.15 bits per heavy atom. The second-order valence-electron chi connectivity index (χ2n) is 6.92. The van der Waals surface area contributed by atoms with Crippen molar-refractivity contribution >= 4 is 37.4 Å². The van der Waals surface area contributed by atoms with Gasteiger partial charge in [-0.25, -0.2) is 8.42 Å². The number of rotatable bonds is 6. The van der Waals surface area contributed by atoms with E-state index >= 15 is 0 Å². The van der Waals surface area contributed by atoms with E-state index in [1.165, 1.54) is 0 Å². The molecule has 1 atom stereocenters. The average molecular weight is 451 g/mol. The maximum Gasteiger partial charge on any atom is 0.243 e. The van der Waals surface area contributed by atoms with Gasteiger partial charge in [0.25, 0.3) is 0 Å². The summed E-state index contributed by atoms with van der Waals surface area (Å²) < 4.78 is 28.0. The highest BCUT2D eigenvalue weighted by Gasteiger charge is 2.28. The number of halogens is 1. The van der Waals surface area contributed by atoms with Gasteiger partial charge in [0, 0.05) is 28.8 Å². The van der Waals surface area contributed by atoms with Crippen molar-refractivity contribution in [3.8, 4) is 0 Å². The van der Waals surface area contributed by atoms with Gasteiger partial charge in [0.05, 0.1) is 11.4 Å². The van der Waals surface area contributed by atoms with Crippen LogP contribution in [0.3, 0.4) is 0 Å². The first kappa shape index (κ1) is 20.0. The SMILES string of the molecule is CC1CCCN(S(=O)(=O)c2ccc(NCC(=O)c3ccc(Br)cc3)cc2)C1. The number of nitrogens with zero attached hydrogens (tertiary/aromatic N) is 1. The molecule has 3 rings (SSSR count). The number of benzene rings is 2. The molecular weight excluding hydrogens is 428 g/mol.